The zero-order valence-corrected chi connectivity index (χ0v) is 17.3. The summed E-state index contributed by atoms with van der Waals surface area (Å²) in [5.74, 6) is -1.17. The van der Waals surface area contributed by atoms with Gasteiger partial charge in [-0.05, 0) is 36.4 Å². The van der Waals surface area contributed by atoms with Crippen molar-refractivity contribution in [1.29, 1.82) is 0 Å². The molecule has 0 amide bonds. The number of pyridine rings is 1. The number of piperidine rings is 1. The smallest absolute Gasteiger partial charge is 0.335 e. The summed E-state index contributed by atoms with van der Waals surface area (Å²) >= 11 is 0. The van der Waals surface area contributed by atoms with Crippen LogP contribution in [0.1, 0.15) is 18.5 Å². The molecule has 2 aromatic heterocycles. The van der Waals surface area contributed by atoms with Gasteiger partial charge in [0.05, 0.1) is 29.0 Å². The van der Waals surface area contributed by atoms with Crippen LogP contribution in [0.15, 0.2) is 53.7 Å². The summed E-state index contributed by atoms with van der Waals surface area (Å²) in [6.07, 6.45) is 5.21. The fourth-order valence-corrected chi connectivity index (χ4v) is 4.42. The molecular formula is C21H23N3O5S. The highest BCUT2D eigenvalue weighted by Gasteiger charge is 2.39. The van der Waals surface area contributed by atoms with Crippen molar-refractivity contribution < 1.29 is 23.4 Å². The van der Waals surface area contributed by atoms with Crippen molar-refractivity contribution in [3.05, 3.63) is 54.5 Å². The van der Waals surface area contributed by atoms with Crippen LogP contribution in [0.3, 0.4) is 0 Å². The molecule has 1 aromatic carbocycles. The van der Waals surface area contributed by atoms with E-state index in [0.717, 1.165) is 22.3 Å². The summed E-state index contributed by atoms with van der Waals surface area (Å²) in [6, 6.07) is 10.8. The number of fused-ring (bicyclic) bond motifs is 1. The lowest BCUT2D eigenvalue weighted by Crippen LogP contribution is -2.49. The van der Waals surface area contributed by atoms with Crippen LogP contribution in [0.5, 0.6) is 0 Å². The van der Waals surface area contributed by atoms with Gasteiger partial charge in [0.25, 0.3) is 0 Å². The first-order valence-corrected chi connectivity index (χ1v) is 11.5. The van der Waals surface area contributed by atoms with E-state index >= 15 is 0 Å². The van der Waals surface area contributed by atoms with Crippen molar-refractivity contribution in [3.8, 4) is 0 Å². The Kier molecular flexibility index (Phi) is 5.03. The number of aromatic nitrogens is 2. The molecule has 3 aromatic rings. The Morgan fingerprint density at radius 3 is 2.50 bits per heavy atom. The molecule has 0 saturated carbocycles. The van der Waals surface area contributed by atoms with Gasteiger partial charge in [-0.3, -0.25) is 4.98 Å². The van der Waals surface area contributed by atoms with Crippen LogP contribution < -0.4 is 4.90 Å². The Bertz CT molecular complexity index is 1190. The van der Waals surface area contributed by atoms with Crippen molar-refractivity contribution in [3.63, 3.8) is 0 Å². The van der Waals surface area contributed by atoms with E-state index in [1.54, 1.807) is 24.4 Å². The first-order chi connectivity index (χ1) is 14.2. The second-order valence-electron chi connectivity index (χ2n) is 7.77. The van der Waals surface area contributed by atoms with E-state index in [2.05, 4.69) is 4.98 Å². The number of hydrogen-bond acceptors (Lipinski definition) is 6. The van der Waals surface area contributed by atoms with Crippen molar-refractivity contribution in [2.45, 2.75) is 29.9 Å². The van der Waals surface area contributed by atoms with Gasteiger partial charge in [-0.15, -0.1) is 0 Å². The molecule has 0 radical (unpaired) electrons. The van der Waals surface area contributed by atoms with E-state index in [1.807, 2.05) is 33.9 Å². The molecular weight excluding hydrogens is 406 g/mol. The number of carbonyl (C=O) groups is 1. The number of sulfone groups is 1. The maximum Gasteiger partial charge on any atom is 0.335 e. The third kappa shape index (κ3) is 3.90. The zero-order valence-electron chi connectivity index (χ0n) is 16.5. The third-order valence-corrected chi connectivity index (χ3v) is 6.78. The van der Waals surface area contributed by atoms with E-state index in [0.29, 0.717) is 24.5 Å². The molecule has 1 aliphatic heterocycles. The van der Waals surface area contributed by atoms with Crippen LogP contribution in [0, 0.1) is 0 Å². The molecule has 0 unspecified atom stereocenters. The maximum atomic E-state index is 11.7. The number of anilines is 1. The fraction of sp³-hybridized carbons (Fsp3) is 0.333. The second-order valence-corrected chi connectivity index (χ2v) is 9.78. The Labute approximate surface area is 174 Å². The van der Waals surface area contributed by atoms with Gasteiger partial charge >= 0.3 is 5.97 Å². The molecule has 3 heterocycles. The highest BCUT2D eigenvalue weighted by Crippen LogP contribution is 2.27. The largest absolute Gasteiger partial charge is 0.479 e. The van der Waals surface area contributed by atoms with Crippen molar-refractivity contribution >= 4 is 32.4 Å². The number of carboxylic acid groups (broad SMARTS) is 1. The summed E-state index contributed by atoms with van der Waals surface area (Å²) in [4.78, 5) is 18.0. The molecule has 0 atom stereocenters. The molecule has 0 bridgehead atoms. The van der Waals surface area contributed by atoms with Crippen LogP contribution in [-0.4, -0.2) is 59.1 Å². The first-order valence-electron chi connectivity index (χ1n) is 9.60. The predicted molar refractivity (Wildman–Crippen MR) is 112 cm³/mol. The normalized spacial score (nSPS) is 16.7. The Morgan fingerprint density at radius 1 is 1.17 bits per heavy atom. The molecule has 0 spiro atoms. The molecule has 1 aliphatic rings. The average Bonchev–Trinajstić information content (AvgIpc) is 3.11. The van der Waals surface area contributed by atoms with Gasteiger partial charge in [-0.1, -0.05) is 0 Å². The van der Waals surface area contributed by atoms with E-state index in [-0.39, 0.29) is 12.8 Å². The first kappa shape index (κ1) is 20.4. The predicted octanol–water partition coefficient (Wildman–Crippen LogP) is 1.90. The highest BCUT2D eigenvalue weighted by atomic mass is 32.2. The quantitative estimate of drug-likeness (QED) is 0.637. The van der Waals surface area contributed by atoms with Crippen LogP contribution >= 0.6 is 0 Å². The zero-order chi connectivity index (χ0) is 21.5. The van der Waals surface area contributed by atoms with Gasteiger partial charge in [0.2, 0.25) is 0 Å². The number of aliphatic hydroxyl groups is 1. The molecule has 1 fully saturated rings. The SMILES string of the molecule is CS(=O)(=O)c1ccc2c(ccn2Cc2ccc(N3CCC(O)(C(=O)O)CC3)cn2)c1. The minimum absolute atomic E-state index is 0.176. The molecule has 30 heavy (non-hydrogen) atoms. The molecule has 2 N–H and O–H groups in total. The monoisotopic (exact) mass is 429 g/mol. The van der Waals surface area contributed by atoms with E-state index in [4.69, 9.17) is 5.11 Å². The van der Waals surface area contributed by atoms with Crippen LogP contribution in [0.25, 0.3) is 10.9 Å². The van der Waals surface area contributed by atoms with Crippen molar-refractivity contribution in [2.24, 2.45) is 0 Å². The van der Waals surface area contributed by atoms with E-state index in [1.165, 1.54) is 6.26 Å². The number of rotatable bonds is 5. The average molecular weight is 429 g/mol. The summed E-state index contributed by atoms with van der Waals surface area (Å²) in [5, 5.41) is 20.1. The lowest BCUT2D eigenvalue weighted by atomic mass is 9.91. The number of nitrogens with zero attached hydrogens (tertiary/aromatic N) is 3. The van der Waals surface area contributed by atoms with Gasteiger partial charge in [0, 0.05) is 49.3 Å². The van der Waals surface area contributed by atoms with Gasteiger partial charge in [-0.2, -0.15) is 0 Å². The lowest BCUT2D eigenvalue weighted by Gasteiger charge is -2.36. The minimum Gasteiger partial charge on any atom is -0.479 e. The van der Waals surface area contributed by atoms with E-state index < -0.39 is 21.4 Å². The van der Waals surface area contributed by atoms with Crippen LogP contribution in [0.2, 0.25) is 0 Å². The van der Waals surface area contributed by atoms with E-state index in [9.17, 15) is 18.3 Å². The molecule has 8 nitrogen and oxygen atoms in total. The van der Waals surface area contributed by atoms with Gasteiger partial charge < -0.3 is 19.7 Å². The summed E-state index contributed by atoms with van der Waals surface area (Å²) in [6.45, 7) is 1.45. The minimum atomic E-state index is -3.25. The third-order valence-electron chi connectivity index (χ3n) is 5.67. The Balaban J connectivity index is 1.47. The number of carboxylic acids is 1. The fourth-order valence-electron chi connectivity index (χ4n) is 3.77. The van der Waals surface area contributed by atoms with Crippen LogP contribution in [-0.2, 0) is 21.2 Å². The van der Waals surface area contributed by atoms with Crippen LogP contribution in [0.4, 0.5) is 5.69 Å². The molecule has 9 heteroatoms. The number of aliphatic carboxylic acids is 1. The molecule has 4 rings (SSSR count). The molecule has 158 valence electrons. The highest BCUT2D eigenvalue weighted by molar-refractivity contribution is 7.90. The Hall–Kier alpha value is -2.91. The standard InChI is InChI=1S/C21H23N3O5S/c1-30(28,29)18-4-5-19-15(12-18)6-9-24(19)14-16-2-3-17(13-22-16)23-10-7-21(27,8-11-23)20(25)26/h2-6,9,12-13,27H,7-8,10-11,14H2,1H3,(H,25,26). The van der Waals surface area contributed by atoms with Gasteiger partial charge in [0.15, 0.2) is 15.4 Å². The topological polar surface area (TPSA) is 113 Å². The van der Waals surface area contributed by atoms with Crippen molar-refractivity contribution in [1.82, 2.24) is 9.55 Å². The summed E-state index contributed by atoms with van der Waals surface area (Å²) < 4.78 is 25.5. The number of benzene rings is 1. The Morgan fingerprint density at radius 2 is 1.90 bits per heavy atom. The number of hydrogen-bond donors (Lipinski definition) is 2. The van der Waals surface area contributed by atoms with Gasteiger partial charge in [-0.25, -0.2) is 13.2 Å². The summed E-state index contributed by atoms with van der Waals surface area (Å²) in [5.41, 5.74) is 1.03. The molecule has 1 saturated heterocycles. The maximum absolute atomic E-state index is 11.7. The summed E-state index contributed by atoms with van der Waals surface area (Å²) in [7, 11) is -3.25. The van der Waals surface area contributed by atoms with Crippen molar-refractivity contribution in [2.75, 3.05) is 24.2 Å². The van der Waals surface area contributed by atoms with Gasteiger partial charge in [0.1, 0.15) is 0 Å². The molecule has 0 aliphatic carbocycles. The second kappa shape index (κ2) is 7.41. The lowest BCUT2D eigenvalue weighted by molar-refractivity contribution is -0.160.